The lowest BCUT2D eigenvalue weighted by atomic mass is 10.0. The van der Waals surface area contributed by atoms with E-state index in [4.69, 9.17) is 33.5 Å². The SMILES string of the molecule is Cc1cc2onc(-c3ccc(Cl)c(N)c3)c2c(C)c1Cl. The predicted octanol–water partition coefficient (Wildman–Crippen LogP) is 5.00. The molecule has 0 aliphatic carbocycles. The summed E-state index contributed by atoms with van der Waals surface area (Å²) in [5.41, 5.74) is 10.6. The first-order valence-electron chi connectivity index (χ1n) is 6.09. The van der Waals surface area contributed by atoms with Gasteiger partial charge in [0.1, 0.15) is 5.69 Å². The summed E-state index contributed by atoms with van der Waals surface area (Å²) in [6.07, 6.45) is 0. The first kappa shape index (κ1) is 13.3. The topological polar surface area (TPSA) is 52.0 Å². The molecule has 0 amide bonds. The van der Waals surface area contributed by atoms with E-state index in [1.54, 1.807) is 12.1 Å². The van der Waals surface area contributed by atoms with E-state index in [1.807, 2.05) is 26.0 Å². The van der Waals surface area contributed by atoms with Crippen LogP contribution in [0.3, 0.4) is 0 Å². The number of benzene rings is 2. The van der Waals surface area contributed by atoms with E-state index < -0.39 is 0 Å². The molecule has 0 saturated heterocycles. The zero-order valence-corrected chi connectivity index (χ0v) is 12.5. The molecule has 3 rings (SSSR count). The minimum absolute atomic E-state index is 0.510. The van der Waals surface area contributed by atoms with Crippen LogP contribution in [-0.2, 0) is 0 Å². The van der Waals surface area contributed by atoms with Crippen molar-refractivity contribution in [2.24, 2.45) is 0 Å². The van der Waals surface area contributed by atoms with Crippen molar-refractivity contribution in [3.63, 3.8) is 0 Å². The van der Waals surface area contributed by atoms with Crippen LogP contribution < -0.4 is 5.73 Å². The summed E-state index contributed by atoms with van der Waals surface area (Å²) in [5, 5.41) is 6.30. The highest BCUT2D eigenvalue weighted by atomic mass is 35.5. The molecule has 0 atom stereocenters. The number of nitrogen functional groups attached to an aromatic ring is 1. The van der Waals surface area contributed by atoms with Crippen molar-refractivity contribution in [2.45, 2.75) is 13.8 Å². The smallest absolute Gasteiger partial charge is 0.168 e. The lowest BCUT2D eigenvalue weighted by Crippen LogP contribution is -1.89. The molecule has 3 aromatic rings. The highest BCUT2D eigenvalue weighted by molar-refractivity contribution is 6.33. The highest BCUT2D eigenvalue weighted by Gasteiger charge is 2.16. The molecule has 0 aliphatic heterocycles. The van der Waals surface area contributed by atoms with Crippen molar-refractivity contribution in [2.75, 3.05) is 5.73 Å². The van der Waals surface area contributed by atoms with Crippen molar-refractivity contribution < 1.29 is 4.52 Å². The fourth-order valence-electron chi connectivity index (χ4n) is 2.32. The third-order valence-corrected chi connectivity index (χ3v) is 4.31. The zero-order valence-electron chi connectivity index (χ0n) is 11.0. The molecular formula is C15H12Cl2N2O. The number of aryl methyl sites for hydroxylation is 2. The van der Waals surface area contributed by atoms with Gasteiger partial charge in [0.25, 0.3) is 0 Å². The molecule has 20 heavy (non-hydrogen) atoms. The Hall–Kier alpha value is -1.71. The second-order valence-corrected chi connectivity index (χ2v) is 5.56. The van der Waals surface area contributed by atoms with Gasteiger partial charge in [0.05, 0.1) is 16.1 Å². The number of anilines is 1. The molecule has 0 fully saturated rings. The normalized spacial score (nSPS) is 11.2. The van der Waals surface area contributed by atoms with Crippen molar-refractivity contribution >= 4 is 39.9 Å². The summed E-state index contributed by atoms with van der Waals surface area (Å²) in [5.74, 6) is 0. The highest BCUT2D eigenvalue weighted by Crippen LogP contribution is 2.36. The number of halogens is 2. The second-order valence-electron chi connectivity index (χ2n) is 4.77. The summed E-state index contributed by atoms with van der Waals surface area (Å²) in [7, 11) is 0. The van der Waals surface area contributed by atoms with Crippen LogP contribution in [0.5, 0.6) is 0 Å². The monoisotopic (exact) mass is 306 g/mol. The third-order valence-electron chi connectivity index (χ3n) is 3.39. The third kappa shape index (κ3) is 1.94. The van der Waals surface area contributed by atoms with Crippen LogP contribution in [0.4, 0.5) is 5.69 Å². The fraction of sp³-hybridized carbons (Fsp3) is 0.133. The zero-order chi connectivity index (χ0) is 14.4. The summed E-state index contributed by atoms with van der Waals surface area (Å²) in [4.78, 5) is 0. The Morgan fingerprint density at radius 1 is 1.15 bits per heavy atom. The Morgan fingerprint density at radius 2 is 1.90 bits per heavy atom. The van der Waals surface area contributed by atoms with Crippen molar-refractivity contribution in [3.05, 3.63) is 45.4 Å². The molecule has 1 aromatic heterocycles. The maximum Gasteiger partial charge on any atom is 0.168 e. The first-order chi connectivity index (χ1) is 9.49. The minimum atomic E-state index is 0.510. The average Bonchev–Trinajstić information content (AvgIpc) is 2.83. The van der Waals surface area contributed by atoms with Crippen molar-refractivity contribution in [1.82, 2.24) is 5.16 Å². The van der Waals surface area contributed by atoms with E-state index in [9.17, 15) is 0 Å². The molecule has 0 radical (unpaired) electrons. The second kappa shape index (κ2) is 4.69. The summed E-state index contributed by atoms with van der Waals surface area (Å²) in [6.45, 7) is 3.90. The van der Waals surface area contributed by atoms with Crippen LogP contribution in [0.25, 0.3) is 22.2 Å². The molecule has 0 bridgehead atoms. The van der Waals surface area contributed by atoms with Crippen LogP contribution in [0, 0.1) is 13.8 Å². The molecule has 102 valence electrons. The summed E-state index contributed by atoms with van der Waals surface area (Å²) >= 11 is 12.3. The van der Waals surface area contributed by atoms with Gasteiger partial charge < -0.3 is 10.3 Å². The van der Waals surface area contributed by atoms with Crippen molar-refractivity contribution in [1.29, 1.82) is 0 Å². The van der Waals surface area contributed by atoms with E-state index in [-0.39, 0.29) is 0 Å². The van der Waals surface area contributed by atoms with Gasteiger partial charge in [-0.3, -0.25) is 0 Å². The number of nitrogens with two attached hydrogens (primary N) is 1. The first-order valence-corrected chi connectivity index (χ1v) is 6.85. The molecule has 0 saturated carbocycles. The average molecular weight is 307 g/mol. The number of hydrogen-bond donors (Lipinski definition) is 1. The molecule has 1 heterocycles. The number of nitrogens with zero attached hydrogens (tertiary/aromatic N) is 1. The van der Waals surface area contributed by atoms with Gasteiger partial charge in [0.2, 0.25) is 0 Å². The molecule has 0 aliphatic rings. The molecule has 2 N–H and O–H groups in total. The van der Waals surface area contributed by atoms with Gasteiger partial charge in [0, 0.05) is 10.6 Å². The Labute approximate surface area is 126 Å². The van der Waals surface area contributed by atoms with E-state index in [1.165, 1.54) is 0 Å². The number of aromatic nitrogens is 1. The molecule has 0 unspecified atom stereocenters. The maximum absolute atomic E-state index is 6.31. The number of fused-ring (bicyclic) bond motifs is 1. The molecular weight excluding hydrogens is 295 g/mol. The summed E-state index contributed by atoms with van der Waals surface area (Å²) < 4.78 is 5.41. The molecule has 3 nitrogen and oxygen atoms in total. The quantitative estimate of drug-likeness (QED) is 0.644. The lowest BCUT2D eigenvalue weighted by Gasteiger charge is -2.05. The van der Waals surface area contributed by atoms with E-state index in [0.717, 1.165) is 32.8 Å². The van der Waals surface area contributed by atoms with Gasteiger partial charge >= 0.3 is 0 Å². The Morgan fingerprint density at radius 3 is 2.60 bits per heavy atom. The maximum atomic E-state index is 6.31. The van der Waals surface area contributed by atoms with Crippen LogP contribution in [0.1, 0.15) is 11.1 Å². The number of rotatable bonds is 1. The van der Waals surface area contributed by atoms with Gasteiger partial charge in [-0.1, -0.05) is 34.4 Å². The standard InChI is InChI=1S/C15H12Cl2N2O/c1-7-5-12-13(8(2)14(7)17)15(19-20-12)9-3-4-10(16)11(18)6-9/h3-6H,18H2,1-2H3. The van der Waals surface area contributed by atoms with Crippen LogP contribution in [-0.4, -0.2) is 5.16 Å². The Bertz CT molecular complexity index is 824. The van der Waals surface area contributed by atoms with Crippen molar-refractivity contribution in [3.8, 4) is 11.3 Å². The van der Waals surface area contributed by atoms with E-state index in [2.05, 4.69) is 5.16 Å². The Kier molecular flexibility index (Phi) is 3.11. The van der Waals surface area contributed by atoms with Gasteiger partial charge in [0.15, 0.2) is 5.58 Å². The van der Waals surface area contributed by atoms with Gasteiger partial charge in [-0.25, -0.2) is 0 Å². The van der Waals surface area contributed by atoms with Crippen LogP contribution in [0.15, 0.2) is 28.8 Å². The van der Waals surface area contributed by atoms with Gasteiger partial charge in [-0.15, -0.1) is 0 Å². The van der Waals surface area contributed by atoms with Crippen LogP contribution in [0.2, 0.25) is 10.0 Å². The molecule has 5 heteroatoms. The number of hydrogen-bond acceptors (Lipinski definition) is 3. The minimum Gasteiger partial charge on any atom is -0.398 e. The van der Waals surface area contributed by atoms with Crippen LogP contribution >= 0.6 is 23.2 Å². The van der Waals surface area contributed by atoms with E-state index >= 15 is 0 Å². The summed E-state index contributed by atoms with van der Waals surface area (Å²) in [6, 6.07) is 7.29. The molecule has 2 aromatic carbocycles. The predicted molar refractivity (Wildman–Crippen MR) is 83.4 cm³/mol. The van der Waals surface area contributed by atoms with Gasteiger partial charge in [-0.2, -0.15) is 0 Å². The molecule has 0 spiro atoms. The van der Waals surface area contributed by atoms with E-state index in [0.29, 0.717) is 16.3 Å². The lowest BCUT2D eigenvalue weighted by molar-refractivity contribution is 0.459. The fourth-order valence-corrected chi connectivity index (χ4v) is 2.58. The Balaban J connectivity index is 2.32. The van der Waals surface area contributed by atoms with Gasteiger partial charge in [-0.05, 0) is 43.2 Å². The largest absolute Gasteiger partial charge is 0.398 e.